The number of fused-ring (bicyclic) bond motifs is 1. The summed E-state index contributed by atoms with van der Waals surface area (Å²) in [4.78, 5) is 11.3. The van der Waals surface area contributed by atoms with Crippen LogP contribution in [0.1, 0.15) is 30.5 Å². The lowest BCUT2D eigenvalue weighted by Crippen LogP contribution is -2.46. The van der Waals surface area contributed by atoms with Crippen molar-refractivity contribution in [1.82, 2.24) is 19.2 Å². The van der Waals surface area contributed by atoms with Crippen molar-refractivity contribution in [3.8, 4) is 0 Å². The van der Waals surface area contributed by atoms with E-state index in [1.165, 1.54) is 10.4 Å². The van der Waals surface area contributed by atoms with Crippen LogP contribution in [-0.2, 0) is 23.1 Å². The van der Waals surface area contributed by atoms with Gasteiger partial charge in [-0.3, -0.25) is 4.79 Å². The lowest BCUT2D eigenvalue weighted by Gasteiger charge is -2.26. The van der Waals surface area contributed by atoms with Gasteiger partial charge in [-0.2, -0.15) is 22.5 Å². The summed E-state index contributed by atoms with van der Waals surface area (Å²) in [6.45, 7) is 1.19. The predicted octanol–water partition coefficient (Wildman–Crippen LogP) is -0.443. The van der Waals surface area contributed by atoms with Crippen molar-refractivity contribution in [2.75, 3.05) is 13.1 Å². The average molecular weight is 298 g/mol. The fourth-order valence-electron chi connectivity index (χ4n) is 2.85. The van der Waals surface area contributed by atoms with Gasteiger partial charge in [0.1, 0.15) is 0 Å². The molecule has 1 aromatic heterocycles. The molecule has 7 nitrogen and oxygen atoms in total. The summed E-state index contributed by atoms with van der Waals surface area (Å²) in [5.41, 5.74) is 1.46. The number of aryl methyl sites for hydroxylation is 1. The van der Waals surface area contributed by atoms with Gasteiger partial charge in [0, 0.05) is 25.2 Å². The fourth-order valence-corrected chi connectivity index (χ4v) is 4.36. The number of nitrogens with zero attached hydrogens (tertiary/aromatic N) is 2. The molecule has 1 saturated heterocycles. The Labute approximate surface area is 117 Å². The molecule has 1 aliphatic carbocycles. The Morgan fingerprint density at radius 2 is 2.10 bits per heavy atom. The van der Waals surface area contributed by atoms with E-state index in [1.807, 2.05) is 0 Å². The molecule has 0 bridgehead atoms. The molecule has 2 N–H and O–H groups in total. The van der Waals surface area contributed by atoms with Gasteiger partial charge in [-0.1, -0.05) is 0 Å². The van der Waals surface area contributed by atoms with E-state index in [0.29, 0.717) is 32.4 Å². The van der Waals surface area contributed by atoms with Crippen LogP contribution in [0.5, 0.6) is 0 Å². The summed E-state index contributed by atoms with van der Waals surface area (Å²) in [5.74, 6) is 0. The number of H-pyrrole nitrogens is 1. The number of aromatic amines is 1. The molecule has 0 aromatic carbocycles. The van der Waals surface area contributed by atoms with Gasteiger partial charge in [-0.15, -0.1) is 0 Å². The van der Waals surface area contributed by atoms with Crippen LogP contribution in [0.4, 0.5) is 0 Å². The zero-order valence-corrected chi connectivity index (χ0v) is 11.9. The van der Waals surface area contributed by atoms with Crippen LogP contribution in [-0.4, -0.2) is 42.1 Å². The van der Waals surface area contributed by atoms with Gasteiger partial charge in [-0.25, -0.2) is 5.10 Å². The van der Waals surface area contributed by atoms with Gasteiger partial charge in [0.15, 0.2) is 0 Å². The van der Waals surface area contributed by atoms with E-state index in [2.05, 4.69) is 14.9 Å². The zero-order valence-electron chi connectivity index (χ0n) is 11.1. The third-order valence-electron chi connectivity index (χ3n) is 3.89. The first-order valence-corrected chi connectivity index (χ1v) is 8.33. The van der Waals surface area contributed by atoms with Crippen LogP contribution >= 0.6 is 0 Å². The van der Waals surface area contributed by atoms with Crippen molar-refractivity contribution in [2.24, 2.45) is 0 Å². The van der Waals surface area contributed by atoms with Crippen molar-refractivity contribution in [1.29, 1.82) is 0 Å². The highest BCUT2D eigenvalue weighted by Crippen LogP contribution is 2.19. The van der Waals surface area contributed by atoms with Crippen molar-refractivity contribution < 1.29 is 8.42 Å². The quantitative estimate of drug-likeness (QED) is 0.790. The molecule has 0 saturated carbocycles. The van der Waals surface area contributed by atoms with E-state index in [9.17, 15) is 13.2 Å². The molecule has 110 valence electrons. The predicted molar refractivity (Wildman–Crippen MR) is 73.5 cm³/mol. The van der Waals surface area contributed by atoms with Crippen molar-refractivity contribution >= 4 is 10.2 Å². The molecule has 1 fully saturated rings. The van der Waals surface area contributed by atoms with Gasteiger partial charge in [0.05, 0.1) is 5.69 Å². The minimum absolute atomic E-state index is 0.156. The van der Waals surface area contributed by atoms with Crippen molar-refractivity contribution in [2.45, 2.75) is 38.1 Å². The number of aromatic nitrogens is 2. The molecular weight excluding hydrogens is 280 g/mol. The molecule has 0 amide bonds. The van der Waals surface area contributed by atoms with Gasteiger partial charge in [-0.05, 0) is 37.7 Å². The molecule has 2 aliphatic rings. The Morgan fingerprint density at radius 3 is 2.85 bits per heavy atom. The summed E-state index contributed by atoms with van der Waals surface area (Å²) in [6, 6.07) is 1.36. The van der Waals surface area contributed by atoms with Gasteiger partial charge in [0.25, 0.3) is 15.8 Å². The standard InChI is InChI=1S/C12H18N4O3S/c17-12-8-9-7-10(3-4-11(9)13-14-12)15-20(18,19)16-5-1-2-6-16/h8,10,15H,1-7H2,(H,14,17). The highest BCUT2D eigenvalue weighted by Gasteiger charge is 2.29. The maximum Gasteiger partial charge on any atom is 0.279 e. The first kappa shape index (κ1) is 13.7. The SMILES string of the molecule is O=c1cc2c(n[nH]1)CCC(NS(=O)(=O)N1CCCC1)C2. The number of nitrogens with one attached hydrogen (secondary N) is 2. The fraction of sp³-hybridized carbons (Fsp3) is 0.667. The summed E-state index contributed by atoms with van der Waals surface area (Å²) in [7, 11) is -3.40. The summed E-state index contributed by atoms with van der Waals surface area (Å²) in [5, 5.41) is 6.42. The normalized spacial score (nSPS) is 23.7. The van der Waals surface area contributed by atoms with Crippen LogP contribution in [0.15, 0.2) is 10.9 Å². The molecule has 1 atom stereocenters. The van der Waals surface area contributed by atoms with Crippen LogP contribution in [0.25, 0.3) is 0 Å². The Hall–Kier alpha value is -1.25. The molecule has 1 aliphatic heterocycles. The number of rotatable bonds is 3. The summed E-state index contributed by atoms with van der Waals surface area (Å²) >= 11 is 0. The topological polar surface area (TPSA) is 95.2 Å². The molecule has 8 heteroatoms. The Kier molecular flexibility index (Phi) is 3.61. The third kappa shape index (κ3) is 2.77. The molecular formula is C12H18N4O3S. The minimum Gasteiger partial charge on any atom is -0.268 e. The Bertz CT molecular complexity index is 649. The van der Waals surface area contributed by atoms with Gasteiger partial charge < -0.3 is 0 Å². The zero-order chi connectivity index (χ0) is 14.2. The van der Waals surface area contributed by atoms with E-state index in [0.717, 1.165) is 24.1 Å². The molecule has 1 unspecified atom stereocenters. The average Bonchev–Trinajstić information content (AvgIpc) is 2.92. The van der Waals surface area contributed by atoms with Crippen LogP contribution in [0, 0.1) is 0 Å². The maximum absolute atomic E-state index is 12.2. The van der Waals surface area contributed by atoms with Crippen LogP contribution < -0.4 is 10.3 Å². The van der Waals surface area contributed by atoms with Crippen LogP contribution in [0.2, 0.25) is 0 Å². The molecule has 2 heterocycles. The van der Waals surface area contributed by atoms with E-state index in [-0.39, 0.29) is 11.6 Å². The molecule has 1 aromatic rings. The van der Waals surface area contributed by atoms with Gasteiger partial charge in [0.2, 0.25) is 0 Å². The first-order chi connectivity index (χ1) is 9.54. The van der Waals surface area contributed by atoms with Crippen LogP contribution in [0.3, 0.4) is 0 Å². The highest BCUT2D eigenvalue weighted by atomic mass is 32.2. The summed E-state index contributed by atoms with van der Waals surface area (Å²) < 4.78 is 28.7. The monoisotopic (exact) mass is 298 g/mol. The van der Waals surface area contributed by atoms with E-state index >= 15 is 0 Å². The molecule has 20 heavy (non-hydrogen) atoms. The molecule has 3 rings (SSSR count). The second-order valence-electron chi connectivity index (χ2n) is 5.37. The molecule has 0 radical (unpaired) electrons. The van der Waals surface area contributed by atoms with Crippen molar-refractivity contribution in [3.05, 3.63) is 27.7 Å². The van der Waals surface area contributed by atoms with Gasteiger partial charge >= 0.3 is 0 Å². The van der Waals surface area contributed by atoms with E-state index in [4.69, 9.17) is 0 Å². The summed E-state index contributed by atoms with van der Waals surface area (Å²) in [6.07, 6.45) is 3.76. The second-order valence-corrected chi connectivity index (χ2v) is 7.08. The maximum atomic E-state index is 12.2. The number of hydrogen-bond acceptors (Lipinski definition) is 4. The largest absolute Gasteiger partial charge is 0.279 e. The first-order valence-electron chi connectivity index (χ1n) is 6.89. The third-order valence-corrected chi connectivity index (χ3v) is 5.57. The smallest absolute Gasteiger partial charge is 0.268 e. The lowest BCUT2D eigenvalue weighted by atomic mass is 9.93. The van der Waals surface area contributed by atoms with E-state index < -0.39 is 10.2 Å². The molecule has 0 spiro atoms. The minimum atomic E-state index is -3.40. The number of hydrogen-bond donors (Lipinski definition) is 2. The van der Waals surface area contributed by atoms with Crippen molar-refractivity contribution in [3.63, 3.8) is 0 Å². The Balaban J connectivity index is 1.72. The second kappa shape index (κ2) is 5.27. The lowest BCUT2D eigenvalue weighted by molar-refractivity contribution is 0.437. The van der Waals surface area contributed by atoms with E-state index in [1.54, 1.807) is 0 Å². The Morgan fingerprint density at radius 1 is 1.35 bits per heavy atom. The highest BCUT2D eigenvalue weighted by molar-refractivity contribution is 7.87.